The van der Waals surface area contributed by atoms with Gasteiger partial charge in [0.05, 0.1) is 23.7 Å². The van der Waals surface area contributed by atoms with Gasteiger partial charge in [0.2, 0.25) is 15.9 Å². The average Bonchev–Trinajstić information content (AvgIpc) is 3.50. The number of aryl methyl sites for hydroxylation is 1. The molecule has 1 saturated carbocycles. The normalized spacial score (nSPS) is 25.3. The van der Waals surface area contributed by atoms with Crippen molar-refractivity contribution in [2.24, 2.45) is 16.7 Å². The first-order valence-electron chi connectivity index (χ1n) is 22.0. The molecule has 62 heavy (non-hydrogen) atoms. The maximum absolute atomic E-state index is 13.8. The van der Waals surface area contributed by atoms with Crippen LogP contribution in [-0.2, 0) is 43.9 Å². The van der Waals surface area contributed by atoms with Gasteiger partial charge in [-0.05, 0) is 101 Å². The van der Waals surface area contributed by atoms with Crippen LogP contribution in [0.1, 0.15) is 92.7 Å². The molecule has 10 heteroatoms. The van der Waals surface area contributed by atoms with Crippen molar-refractivity contribution in [1.29, 1.82) is 0 Å². The van der Waals surface area contributed by atoms with E-state index < -0.39 is 28.3 Å². The van der Waals surface area contributed by atoms with Crippen LogP contribution < -0.4 is 10.0 Å². The van der Waals surface area contributed by atoms with Crippen LogP contribution >= 0.6 is 0 Å². The summed E-state index contributed by atoms with van der Waals surface area (Å²) in [5, 5.41) is 12.8. The van der Waals surface area contributed by atoms with Crippen molar-refractivity contribution >= 4 is 15.9 Å². The van der Waals surface area contributed by atoms with Gasteiger partial charge < -0.3 is 19.9 Å². The summed E-state index contributed by atoms with van der Waals surface area (Å²) in [6.07, 6.45) is 3.00. The quantitative estimate of drug-likeness (QED) is 0.102. The molecule has 9 nitrogen and oxygen atoms in total. The Bertz CT molecular complexity index is 2440. The Labute approximate surface area is 367 Å². The lowest BCUT2D eigenvalue weighted by Gasteiger charge is -2.43. The van der Waals surface area contributed by atoms with Crippen LogP contribution in [0.3, 0.4) is 0 Å². The molecule has 3 fully saturated rings. The number of benzene rings is 5. The van der Waals surface area contributed by atoms with Gasteiger partial charge in [-0.3, -0.25) is 9.69 Å². The van der Waals surface area contributed by atoms with E-state index in [9.17, 15) is 18.3 Å². The summed E-state index contributed by atoms with van der Waals surface area (Å²) < 4.78 is 43.4. The summed E-state index contributed by atoms with van der Waals surface area (Å²) >= 11 is 0. The largest absolute Gasteiger partial charge is 0.392 e. The number of amides is 1. The molecular formula is C52H61N3O6S. The van der Waals surface area contributed by atoms with Gasteiger partial charge in [0, 0.05) is 37.2 Å². The number of aliphatic hydroxyl groups is 1. The van der Waals surface area contributed by atoms with Crippen LogP contribution in [0.15, 0.2) is 132 Å². The van der Waals surface area contributed by atoms with Gasteiger partial charge in [0.25, 0.3) is 0 Å². The van der Waals surface area contributed by atoms with E-state index in [1.54, 1.807) is 24.3 Å². The van der Waals surface area contributed by atoms with Crippen LogP contribution in [0, 0.1) is 23.7 Å². The Hall–Kier alpha value is -4.68. The zero-order chi connectivity index (χ0) is 43.6. The molecule has 2 heterocycles. The van der Waals surface area contributed by atoms with E-state index in [0.717, 1.165) is 57.6 Å². The molecule has 2 bridgehead atoms. The van der Waals surface area contributed by atoms with Gasteiger partial charge in [-0.1, -0.05) is 136 Å². The van der Waals surface area contributed by atoms with E-state index in [-0.39, 0.29) is 42.6 Å². The summed E-state index contributed by atoms with van der Waals surface area (Å²) in [6.45, 7) is 13.5. The lowest BCUT2D eigenvalue weighted by atomic mass is 9.65. The molecule has 326 valence electrons. The highest BCUT2D eigenvalue weighted by atomic mass is 32.2. The summed E-state index contributed by atoms with van der Waals surface area (Å²) in [5.41, 5.74) is 8.11. The van der Waals surface area contributed by atoms with Gasteiger partial charge in [0.15, 0.2) is 6.29 Å². The lowest BCUT2D eigenvalue weighted by molar-refractivity contribution is -0.276. The molecule has 5 aromatic rings. The highest BCUT2D eigenvalue weighted by Gasteiger charge is 2.51. The Morgan fingerprint density at radius 3 is 2.23 bits per heavy atom. The fourth-order valence-corrected chi connectivity index (χ4v) is 11.6. The molecule has 0 aromatic heterocycles. The molecule has 3 N–H and O–H groups in total. The molecule has 1 aliphatic carbocycles. The molecule has 1 amide bonds. The molecular weight excluding hydrogens is 795 g/mol. The van der Waals surface area contributed by atoms with Crippen molar-refractivity contribution in [2.45, 2.75) is 109 Å². The van der Waals surface area contributed by atoms with Crippen molar-refractivity contribution in [2.75, 3.05) is 13.1 Å². The van der Waals surface area contributed by atoms with Gasteiger partial charge in [-0.2, -0.15) is 4.72 Å². The van der Waals surface area contributed by atoms with Crippen LogP contribution in [-0.4, -0.2) is 55.6 Å². The minimum absolute atomic E-state index is 0.00755. The predicted molar refractivity (Wildman–Crippen MR) is 243 cm³/mol. The summed E-state index contributed by atoms with van der Waals surface area (Å²) in [5.74, 6) is -0.323. The highest BCUT2D eigenvalue weighted by molar-refractivity contribution is 7.89. The number of carbonyl (C=O) groups is 1. The lowest BCUT2D eigenvalue weighted by Crippen LogP contribution is -2.47. The van der Waals surface area contributed by atoms with Gasteiger partial charge in [-0.15, -0.1) is 0 Å². The molecule has 8 rings (SSSR count). The molecule has 0 radical (unpaired) electrons. The number of nitrogens with one attached hydrogen (secondary N) is 2. The summed E-state index contributed by atoms with van der Waals surface area (Å²) in [6, 6.07) is 39.9. The number of likely N-dealkylation sites (tertiary alicyclic amines) is 1. The maximum Gasteiger partial charge on any atom is 0.241 e. The number of aliphatic hydroxyl groups excluding tert-OH is 1. The molecule has 5 aromatic carbocycles. The minimum atomic E-state index is -3.97. The molecule has 2 saturated heterocycles. The number of sulfonamides is 1. The van der Waals surface area contributed by atoms with Crippen LogP contribution in [0.2, 0.25) is 0 Å². The van der Waals surface area contributed by atoms with Crippen LogP contribution in [0.25, 0.3) is 11.1 Å². The number of ether oxygens (including phenoxy) is 2. The fourth-order valence-electron chi connectivity index (χ4n) is 10.4. The first-order valence-corrected chi connectivity index (χ1v) is 23.5. The SMILES string of the molecule is Cc1ccc(S(=O)(=O)N[C@H](Cc2ccccc2)C(=O)NCc2cccc(-c3cccc([C@H]4O[C@@H](CN5CC6(C)CC5CC(C)(C)C6)[C@@H](C)[C@@H](c5ccc(CO)cc5)O4)c3)c2)cc1. The molecule has 2 unspecified atom stereocenters. The standard InChI is InChI=1S/C52H61N3O6S/c1-35-17-23-45(24-18-35)62(58,59)54-46(26-37-11-7-6-8-12-37)49(57)53-30-39-13-9-14-41(25-39)42-15-10-16-43(27-42)50-60-47(31-55-34-52(5)29-44(55)28-51(3,4)33-52)36(2)48(61-50)40-21-19-38(32-56)20-22-40/h6-25,27,36,44,46-48,50,54,56H,26,28-34H2,1-5H3,(H,53,57)/t36-,44?,46-,47+,48+,50+,52?/m1/s1. The summed E-state index contributed by atoms with van der Waals surface area (Å²) in [7, 11) is -3.97. The zero-order valence-electron chi connectivity index (χ0n) is 36.6. The minimum Gasteiger partial charge on any atom is -0.392 e. The van der Waals surface area contributed by atoms with E-state index in [1.165, 1.54) is 19.3 Å². The number of fused-ring (bicyclic) bond motifs is 2. The Morgan fingerprint density at radius 1 is 0.806 bits per heavy atom. The molecule has 3 aliphatic rings. The monoisotopic (exact) mass is 855 g/mol. The third-order valence-electron chi connectivity index (χ3n) is 13.2. The van der Waals surface area contributed by atoms with Crippen molar-refractivity contribution in [3.8, 4) is 11.1 Å². The van der Waals surface area contributed by atoms with Crippen molar-refractivity contribution in [1.82, 2.24) is 14.9 Å². The van der Waals surface area contributed by atoms with E-state index >= 15 is 0 Å². The van der Waals surface area contributed by atoms with Gasteiger partial charge >= 0.3 is 0 Å². The van der Waals surface area contributed by atoms with Gasteiger partial charge in [0.1, 0.15) is 6.04 Å². The van der Waals surface area contributed by atoms with E-state index in [0.29, 0.717) is 16.9 Å². The molecule has 7 atom stereocenters. The van der Waals surface area contributed by atoms with E-state index in [1.807, 2.05) is 73.7 Å². The highest BCUT2D eigenvalue weighted by Crippen LogP contribution is 2.53. The number of nitrogens with zero attached hydrogens (tertiary/aromatic N) is 1. The Morgan fingerprint density at radius 2 is 1.50 bits per heavy atom. The van der Waals surface area contributed by atoms with Gasteiger partial charge in [-0.25, -0.2) is 8.42 Å². The molecule has 2 aliphatic heterocycles. The second kappa shape index (κ2) is 18.2. The topological polar surface area (TPSA) is 117 Å². The van der Waals surface area contributed by atoms with Crippen molar-refractivity contribution < 1.29 is 27.8 Å². The third-order valence-corrected chi connectivity index (χ3v) is 14.7. The maximum atomic E-state index is 13.8. The third kappa shape index (κ3) is 10.2. The fraction of sp³-hybridized carbons (Fsp3) is 0.404. The average molecular weight is 856 g/mol. The smallest absolute Gasteiger partial charge is 0.241 e. The second-order valence-electron chi connectivity index (χ2n) is 19.2. The number of hydrogen-bond acceptors (Lipinski definition) is 7. The van der Waals surface area contributed by atoms with Crippen LogP contribution in [0.5, 0.6) is 0 Å². The van der Waals surface area contributed by atoms with E-state index in [2.05, 4.69) is 79.0 Å². The zero-order valence-corrected chi connectivity index (χ0v) is 37.4. The first kappa shape index (κ1) is 43.9. The molecule has 0 spiro atoms. The van der Waals surface area contributed by atoms with Crippen molar-refractivity contribution in [3.63, 3.8) is 0 Å². The summed E-state index contributed by atoms with van der Waals surface area (Å²) in [4.78, 5) is 16.6. The number of rotatable bonds is 14. The Kier molecular flexibility index (Phi) is 12.9. The predicted octanol–water partition coefficient (Wildman–Crippen LogP) is 9.05. The van der Waals surface area contributed by atoms with Crippen LogP contribution in [0.4, 0.5) is 0 Å². The number of hydrogen-bond donors (Lipinski definition) is 3. The van der Waals surface area contributed by atoms with E-state index in [4.69, 9.17) is 9.47 Å². The Balaban J connectivity index is 0.999. The first-order chi connectivity index (χ1) is 29.7. The second-order valence-corrected chi connectivity index (χ2v) is 20.9. The van der Waals surface area contributed by atoms with Crippen molar-refractivity contribution in [3.05, 3.63) is 161 Å². The number of carbonyl (C=O) groups excluding carboxylic acids is 1.